The van der Waals surface area contributed by atoms with Gasteiger partial charge in [-0.25, -0.2) is 22.0 Å². The van der Waals surface area contributed by atoms with Crippen molar-refractivity contribution in [3.63, 3.8) is 0 Å². The molecule has 4 bridgehead atoms. The second-order valence-corrected chi connectivity index (χ2v) is 6.76. The standard InChI is InChI=1S/C11F18O/c12-1(11(27,28)30-29)2(13)6(17,18)4(15)8(21,22)3(1,14)9(23,24)5(16,7(2,19)20)10(4,25)26. The van der Waals surface area contributed by atoms with Crippen LogP contribution in [0.4, 0.5) is 79.2 Å². The van der Waals surface area contributed by atoms with Crippen molar-refractivity contribution in [3.05, 3.63) is 0 Å². The van der Waals surface area contributed by atoms with E-state index in [9.17, 15) is 79.2 Å². The third-order valence-electron chi connectivity index (χ3n) is 5.77. The van der Waals surface area contributed by atoms with Crippen molar-refractivity contribution < 1.29 is 84.1 Å². The minimum absolute atomic E-state index is 1.03. The van der Waals surface area contributed by atoms with Gasteiger partial charge in [0.25, 0.3) is 17.0 Å². The van der Waals surface area contributed by atoms with E-state index in [1.807, 2.05) is 0 Å². The number of rotatable bonds is 2. The van der Waals surface area contributed by atoms with E-state index >= 15 is 0 Å². The molecule has 0 amide bonds. The number of hydrogen-bond acceptors (Lipinski definition) is 1. The summed E-state index contributed by atoms with van der Waals surface area (Å²) in [6.07, 6.45) is -7.84. The summed E-state index contributed by atoms with van der Waals surface area (Å²) in [6, 6.07) is 0. The van der Waals surface area contributed by atoms with Crippen LogP contribution in [-0.2, 0) is 4.94 Å². The van der Waals surface area contributed by atoms with Crippen LogP contribution in [0.15, 0.2) is 0 Å². The quantitative estimate of drug-likeness (QED) is 0.482. The molecular formula is C11F18O. The van der Waals surface area contributed by atoms with E-state index in [0.29, 0.717) is 0 Å². The predicted octanol–water partition coefficient (Wildman–Crippen LogP) is 5.24. The molecule has 4 fully saturated rings. The molecule has 0 spiro atoms. The average Bonchev–Trinajstić information content (AvgIpc) is 2.59. The van der Waals surface area contributed by atoms with E-state index in [2.05, 4.69) is 0 Å². The maximum absolute atomic E-state index is 14.6. The maximum atomic E-state index is 14.6. The molecule has 0 unspecified atom stereocenters. The second kappa shape index (κ2) is 4.57. The lowest BCUT2D eigenvalue weighted by atomic mass is 9.37. The summed E-state index contributed by atoms with van der Waals surface area (Å²) in [5.74, 6) is -41.4. The van der Waals surface area contributed by atoms with Gasteiger partial charge in [-0.2, -0.15) is 52.7 Å². The molecule has 0 saturated heterocycles. The third-order valence-corrected chi connectivity index (χ3v) is 5.77. The van der Waals surface area contributed by atoms with Crippen molar-refractivity contribution in [2.24, 2.45) is 0 Å². The summed E-state index contributed by atoms with van der Waals surface area (Å²) >= 11 is 0. The van der Waals surface area contributed by atoms with Crippen LogP contribution in [0, 0.1) is 0 Å². The molecule has 19 heteroatoms. The third kappa shape index (κ3) is 1.25. The SMILES string of the molecule is FOC(F)(F)C1(F)C2(F)C(F)(F)C3(F)C(F)(F)C(F)(C2(F)F)C(F)(F)C1(F)C3(F)F. The van der Waals surface area contributed by atoms with E-state index in [1.54, 1.807) is 0 Å². The Morgan fingerprint density at radius 1 is 0.400 bits per heavy atom. The molecule has 0 aromatic rings. The summed E-state index contributed by atoms with van der Waals surface area (Å²) in [7, 11) is 0. The highest BCUT2D eigenvalue weighted by molar-refractivity contribution is 5.56. The van der Waals surface area contributed by atoms with Crippen molar-refractivity contribution in [2.75, 3.05) is 0 Å². The first-order valence-corrected chi connectivity index (χ1v) is 6.82. The van der Waals surface area contributed by atoms with Crippen LogP contribution in [-0.4, -0.2) is 64.1 Å². The number of alkyl halides is 17. The topological polar surface area (TPSA) is 9.23 Å². The molecule has 0 aliphatic heterocycles. The van der Waals surface area contributed by atoms with Crippen molar-refractivity contribution >= 4 is 0 Å². The van der Waals surface area contributed by atoms with Crippen LogP contribution in [0.25, 0.3) is 0 Å². The highest BCUT2D eigenvalue weighted by Crippen LogP contribution is 2.90. The summed E-state index contributed by atoms with van der Waals surface area (Å²) < 4.78 is 251. The Hall–Kier alpha value is -1.30. The zero-order valence-corrected chi connectivity index (χ0v) is 12.7. The highest BCUT2D eigenvalue weighted by atomic mass is 19.4. The summed E-state index contributed by atoms with van der Waals surface area (Å²) in [5.41, 5.74) is -41.3. The summed E-state index contributed by atoms with van der Waals surface area (Å²) in [6.45, 7) is 0. The van der Waals surface area contributed by atoms with Gasteiger partial charge in [-0.3, -0.25) is 0 Å². The first kappa shape index (κ1) is 23.4. The van der Waals surface area contributed by atoms with Crippen LogP contribution in [0.5, 0.6) is 0 Å². The van der Waals surface area contributed by atoms with Gasteiger partial charge in [-0.15, -0.1) is 4.94 Å². The van der Waals surface area contributed by atoms with E-state index < -0.39 is 64.1 Å². The first-order valence-electron chi connectivity index (χ1n) is 6.82. The molecule has 0 heterocycles. The van der Waals surface area contributed by atoms with Gasteiger partial charge in [-0.1, -0.05) is 0 Å². The Morgan fingerprint density at radius 2 is 0.600 bits per heavy atom. The monoisotopic (exact) mass is 490 g/mol. The Labute approximate surface area is 149 Å². The van der Waals surface area contributed by atoms with Crippen LogP contribution in [0.3, 0.4) is 0 Å². The average molecular weight is 490 g/mol. The number of halogens is 18. The largest absolute Gasteiger partial charge is 0.426 e. The molecule has 0 atom stereocenters. The van der Waals surface area contributed by atoms with Crippen molar-refractivity contribution in [1.82, 2.24) is 0 Å². The Kier molecular flexibility index (Phi) is 3.56. The second-order valence-electron chi connectivity index (χ2n) is 6.76. The van der Waals surface area contributed by atoms with E-state index in [1.165, 1.54) is 0 Å². The fraction of sp³-hybridized carbons (Fsp3) is 1.00. The smallest absolute Gasteiger partial charge is 0.226 e. The van der Waals surface area contributed by atoms with Gasteiger partial charge in [0.1, 0.15) is 0 Å². The predicted molar refractivity (Wildman–Crippen MR) is 51.1 cm³/mol. The summed E-state index contributed by atoms with van der Waals surface area (Å²) in [5, 5.41) is 0. The molecule has 4 aliphatic carbocycles. The molecule has 0 aromatic heterocycles. The van der Waals surface area contributed by atoms with Gasteiger partial charge < -0.3 is 0 Å². The Bertz CT molecular complexity index is 727. The van der Waals surface area contributed by atoms with E-state index in [-0.39, 0.29) is 0 Å². The Balaban J connectivity index is 2.76. The van der Waals surface area contributed by atoms with Crippen LogP contribution in [0.1, 0.15) is 0 Å². The molecule has 4 aliphatic rings. The van der Waals surface area contributed by atoms with Gasteiger partial charge in [0.05, 0.1) is 0 Å². The van der Waals surface area contributed by atoms with Crippen molar-refractivity contribution in [1.29, 1.82) is 0 Å². The van der Waals surface area contributed by atoms with E-state index in [4.69, 9.17) is 0 Å². The van der Waals surface area contributed by atoms with Crippen LogP contribution in [0.2, 0.25) is 0 Å². The molecule has 1 nitrogen and oxygen atoms in total. The number of hydrogen-bond donors (Lipinski definition) is 0. The minimum Gasteiger partial charge on any atom is -0.226 e. The lowest BCUT2D eigenvalue weighted by Crippen LogP contribution is -3.10. The van der Waals surface area contributed by atoms with Crippen molar-refractivity contribution in [3.8, 4) is 0 Å². The zero-order chi connectivity index (χ0) is 24.2. The Morgan fingerprint density at radius 3 is 0.800 bits per heavy atom. The lowest BCUT2D eigenvalue weighted by molar-refractivity contribution is -0.620. The molecule has 0 N–H and O–H groups in total. The van der Waals surface area contributed by atoms with Crippen LogP contribution >= 0.6 is 0 Å². The van der Waals surface area contributed by atoms with E-state index in [0.717, 1.165) is 4.94 Å². The molecule has 4 rings (SSSR count). The minimum atomic E-state index is -8.40. The maximum Gasteiger partial charge on any atom is 0.426 e. The van der Waals surface area contributed by atoms with Crippen LogP contribution < -0.4 is 0 Å². The van der Waals surface area contributed by atoms with Gasteiger partial charge in [0, 0.05) is 0 Å². The normalized spacial score (nSPS) is 51.8. The molecular weight excluding hydrogens is 490 g/mol. The van der Waals surface area contributed by atoms with Gasteiger partial charge in [-0.05, 0) is 4.53 Å². The van der Waals surface area contributed by atoms with Gasteiger partial charge in [0.2, 0.25) is 0 Å². The molecule has 0 aromatic carbocycles. The fourth-order valence-corrected chi connectivity index (χ4v) is 4.32. The lowest BCUT2D eigenvalue weighted by Gasteiger charge is -2.74. The molecule has 176 valence electrons. The highest BCUT2D eigenvalue weighted by Gasteiger charge is 3.25. The molecule has 30 heavy (non-hydrogen) atoms. The fourth-order valence-electron chi connectivity index (χ4n) is 4.32. The van der Waals surface area contributed by atoms with Gasteiger partial charge in [0.15, 0.2) is 0 Å². The van der Waals surface area contributed by atoms with Crippen molar-refractivity contribution in [2.45, 2.75) is 64.1 Å². The first-order chi connectivity index (χ1) is 12.8. The zero-order valence-electron chi connectivity index (χ0n) is 12.7. The van der Waals surface area contributed by atoms with Gasteiger partial charge >= 0.3 is 47.1 Å². The molecule has 0 radical (unpaired) electrons. The summed E-state index contributed by atoms with van der Waals surface area (Å²) in [4.78, 5) is 1.03. The molecule has 4 saturated carbocycles.